The lowest BCUT2D eigenvalue weighted by atomic mass is 10.2. The van der Waals surface area contributed by atoms with Crippen molar-refractivity contribution in [2.24, 2.45) is 0 Å². The van der Waals surface area contributed by atoms with Crippen molar-refractivity contribution in [3.05, 3.63) is 71.8 Å². The summed E-state index contributed by atoms with van der Waals surface area (Å²) in [5.41, 5.74) is 2.40. The Balaban J connectivity index is 1.20. The van der Waals surface area contributed by atoms with Gasteiger partial charge in [-0.15, -0.1) is 5.10 Å². The summed E-state index contributed by atoms with van der Waals surface area (Å²) in [6.07, 6.45) is -0.00480. The molecule has 8 nitrogen and oxygen atoms in total. The van der Waals surface area contributed by atoms with Crippen molar-refractivity contribution in [2.45, 2.75) is 24.3 Å². The van der Waals surface area contributed by atoms with Crippen LogP contribution in [0.3, 0.4) is 0 Å². The van der Waals surface area contributed by atoms with Crippen molar-refractivity contribution in [2.75, 3.05) is 32.0 Å². The highest BCUT2D eigenvalue weighted by atomic mass is 32.2. The first-order chi connectivity index (χ1) is 15.3. The standard InChI is InChI=1S/C22H26N6O2S/c29-21(17-31-22-24-25-26-28(22)15-19-9-5-2-6-10-19)23-13-20-16-27(11-12-30-20)14-18-7-3-1-4-8-18/h1-10,20H,11-17H2,(H,23,29). The normalized spacial score (nSPS) is 16.8. The zero-order valence-electron chi connectivity index (χ0n) is 17.3. The van der Waals surface area contributed by atoms with E-state index in [1.54, 1.807) is 4.68 Å². The fraction of sp³-hybridized carbons (Fsp3) is 0.364. The van der Waals surface area contributed by atoms with Crippen LogP contribution in [0.25, 0.3) is 0 Å². The Labute approximate surface area is 186 Å². The maximum atomic E-state index is 12.3. The molecule has 4 rings (SSSR count). The number of tetrazole rings is 1. The summed E-state index contributed by atoms with van der Waals surface area (Å²) in [5.74, 6) is 0.207. The highest BCUT2D eigenvalue weighted by Gasteiger charge is 2.21. The molecule has 3 aromatic rings. The van der Waals surface area contributed by atoms with Crippen LogP contribution < -0.4 is 5.32 Å². The minimum Gasteiger partial charge on any atom is -0.374 e. The van der Waals surface area contributed by atoms with Crippen LogP contribution in [0.5, 0.6) is 0 Å². The Bertz CT molecular complexity index is 953. The van der Waals surface area contributed by atoms with E-state index in [1.807, 2.05) is 36.4 Å². The lowest BCUT2D eigenvalue weighted by Crippen LogP contribution is -2.47. The Morgan fingerprint density at radius 3 is 2.52 bits per heavy atom. The molecule has 1 amide bonds. The van der Waals surface area contributed by atoms with Gasteiger partial charge in [-0.25, -0.2) is 4.68 Å². The number of amides is 1. The third-order valence-electron chi connectivity index (χ3n) is 5.01. The molecule has 0 bridgehead atoms. The molecule has 1 N–H and O–H groups in total. The molecule has 1 aliphatic heterocycles. The molecule has 0 aliphatic carbocycles. The van der Waals surface area contributed by atoms with Gasteiger partial charge in [-0.05, 0) is 21.6 Å². The molecule has 1 fully saturated rings. The van der Waals surface area contributed by atoms with Gasteiger partial charge in [0.2, 0.25) is 11.1 Å². The van der Waals surface area contributed by atoms with Crippen LogP contribution in [0.4, 0.5) is 0 Å². The summed E-state index contributed by atoms with van der Waals surface area (Å²) in [5, 5.41) is 15.4. The minimum atomic E-state index is -0.0527. The molecule has 0 saturated carbocycles. The van der Waals surface area contributed by atoms with Crippen LogP contribution in [0.15, 0.2) is 65.8 Å². The average Bonchev–Trinajstić information content (AvgIpc) is 3.25. The third-order valence-corrected chi connectivity index (χ3v) is 5.96. The van der Waals surface area contributed by atoms with Crippen LogP contribution in [-0.4, -0.2) is 69.1 Å². The van der Waals surface area contributed by atoms with E-state index in [2.05, 4.69) is 50.0 Å². The number of hydrogen-bond acceptors (Lipinski definition) is 7. The number of hydrogen-bond donors (Lipinski definition) is 1. The monoisotopic (exact) mass is 438 g/mol. The number of rotatable bonds is 9. The molecule has 0 radical (unpaired) electrons. The highest BCUT2D eigenvalue weighted by molar-refractivity contribution is 7.99. The molecule has 2 aromatic carbocycles. The van der Waals surface area contributed by atoms with Gasteiger partial charge in [-0.2, -0.15) is 0 Å². The van der Waals surface area contributed by atoms with Crippen LogP contribution in [0, 0.1) is 0 Å². The largest absolute Gasteiger partial charge is 0.374 e. The van der Waals surface area contributed by atoms with E-state index in [0.717, 1.165) is 25.2 Å². The number of thioether (sulfide) groups is 1. The summed E-state index contributed by atoms with van der Waals surface area (Å²) in [7, 11) is 0. The minimum absolute atomic E-state index is 0.00480. The topological polar surface area (TPSA) is 85.2 Å². The maximum absolute atomic E-state index is 12.3. The molecule has 0 spiro atoms. The lowest BCUT2D eigenvalue weighted by molar-refractivity contribution is -0.119. The second-order valence-electron chi connectivity index (χ2n) is 7.41. The van der Waals surface area contributed by atoms with Gasteiger partial charge < -0.3 is 10.1 Å². The molecule has 1 atom stereocenters. The van der Waals surface area contributed by atoms with Crippen LogP contribution in [0.1, 0.15) is 11.1 Å². The summed E-state index contributed by atoms with van der Waals surface area (Å²) >= 11 is 1.33. The van der Waals surface area contributed by atoms with E-state index >= 15 is 0 Å². The van der Waals surface area contributed by atoms with Crippen molar-refractivity contribution in [1.29, 1.82) is 0 Å². The first-order valence-corrected chi connectivity index (χ1v) is 11.3. The first-order valence-electron chi connectivity index (χ1n) is 10.3. The Morgan fingerprint density at radius 2 is 1.77 bits per heavy atom. The fourth-order valence-corrected chi connectivity index (χ4v) is 4.16. The number of ether oxygens (including phenoxy) is 1. The van der Waals surface area contributed by atoms with Crippen LogP contribution in [0.2, 0.25) is 0 Å². The molecule has 9 heteroatoms. The second-order valence-corrected chi connectivity index (χ2v) is 8.35. The van der Waals surface area contributed by atoms with Crippen molar-refractivity contribution in [1.82, 2.24) is 30.4 Å². The summed E-state index contributed by atoms with van der Waals surface area (Å²) in [6.45, 7) is 4.35. The first kappa shape index (κ1) is 21.5. The quantitative estimate of drug-likeness (QED) is 0.510. The van der Waals surface area contributed by atoms with E-state index in [9.17, 15) is 4.79 Å². The summed E-state index contributed by atoms with van der Waals surface area (Å²) in [6, 6.07) is 20.4. The van der Waals surface area contributed by atoms with Crippen molar-refractivity contribution in [3.8, 4) is 0 Å². The smallest absolute Gasteiger partial charge is 0.230 e. The SMILES string of the molecule is O=C(CSc1nnnn1Cc1ccccc1)NCC1CN(Cc2ccccc2)CCO1. The Morgan fingerprint density at radius 1 is 1.06 bits per heavy atom. The lowest BCUT2D eigenvalue weighted by Gasteiger charge is -2.33. The average molecular weight is 439 g/mol. The second kappa shape index (κ2) is 11.0. The number of nitrogens with zero attached hydrogens (tertiary/aromatic N) is 5. The van der Waals surface area contributed by atoms with E-state index < -0.39 is 0 Å². The molecule has 162 valence electrons. The van der Waals surface area contributed by atoms with Gasteiger partial charge >= 0.3 is 0 Å². The number of carbonyl (C=O) groups is 1. The fourth-order valence-electron chi connectivity index (χ4n) is 3.45. The number of aromatic nitrogens is 4. The highest BCUT2D eigenvalue weighted by Crippen LogP contribution is 2.15. The van der Waals surface area contributed by atoms with Gasteiger partial charge in [0.05, 0.1) is 25.0 Å². The Hall–Kier alpha value is -2.75. The predicted molar refractivity (Wildman–Crippen MR) is 119 cm³/mol. The number of carbonyl (C=O) groups excluding carboxylic acids is 1. The zero-order chi connectivity index (χ0) is 21.3. The number of nitrogens with one attached hydrogen (secondary N) is 1. The summed E-state index contributed by atoms with van der Waals surface area (Å²) < 4.78 is 7.54. The molecule has 1 saturated heterocycles. The number of morpholine rings is 1. The van der Waals surface area contributed by atoms with E-state index in [-0.39, 0.29) is 17.8 Å². The molecule has 2 heterocycles. The summed E-state index contributed by atoms with van der Waals surface area (Å²) in [4.78, 5) is 14.7. The molecular formula is C22H26N6O2S. The molecule has 31 heavy (non-hydrogen) atoms. The Kier molecular flexibility index (Phi) is 7.65. The van der Waals surface area contributed by atoms with Crippen molar-refractivity contribution >= 4 is 17.7 Å². The van der Waals surface area contributed by atoms with E-state index in [1.165, 1.54) is 17.3 Å². The van der Waals surface area contributed by atoms with Gasteiger partial charge in [0.15, 0.2) is 0 Å². The van der Waals surface area contributed by atoms with Crippen LogP contribution >= 0.6 is 11.8 Å². The molecule has 1 aliphatic rings. The van der Waals surface area contributed by atoms with Gasteiger partial charge in [0, 0.05) is 26.2 Å². The molecular weight excluding hydrogens is 412 g/mol. The van der Waals surface area contributed by atoms with E-state index in [4.69, 9.17) is 4.74 Å². The third kappa shape index (κ3) is 6.61. The van der Waals surface area contributed by atoms with Gasteiger partial charge in [-0.1, -0.05) is 72.4 Å². The van der Waals surface area contributed by atoms with E-state index in [0.29, 0.717) is 24.9 Å². The van der Waals surface area contributed by atoms with Gasteiger partial charge in [-0.3, -0.25) is 9.69 Å². The predicted octanol–water partition coefficient (Wildman–Crippen LogP) is 1.83. The molecule has 1 aromatic heterocycles. The number of benzene rings is 2. The van der Waals surface area contributed by atoms with Gasteiger partial charge in [0.1, 0.15) is 0 Å². The van der Waals surface area contributed by atoms with Gasteiger partial charge in [0.25, 0.3) is 0 Å². The molecule has 1 unspecified atom stereocenters. The maximum Gasteiger partial charge on any atom is 0.230 e. The van der Waals surface area contributed by atoms with Crippen molar-refractivity contribution in [3.63, 3.8) is 0 Å². The van der Waals surface area contributed by atoms with Crippen LogP contribution in [-0.2, 0) is 22.6 Å². The zero-order valence-corrected chi connectivity index (χ0v) is 18.1. The van der Waals surface area contributed by atoms with Crippen molar-refractivity contribution < 1.29 is 9.53 Å².